The maximum absolute atomic E-state index is 5.48. The van der Waals surface area contributed by atoms with E-state index < -0.39 is 0 Å². The van der Waals surface area contributed by atoms with Gasteiger partial charge in [0.15, 0.2) is 0 Å². The molecule has 1 aromatic carbocycles. The molecule has 0 spiro atoms. The first kappa shape index (κ1) is 14.0. The van der Waals surface area contributed by atoms with E-state index >= 15 is 0 Å². The first-order chi connectivity index (χ1) is 7.90. The molecular weight excluding hydrogens is 214 g/mol. The van der Waals surface area contributed by atoms with Gasteiger partial charge in [0.05, 0.1) is 14.2 Å². The highest BCUT2D eigenvalue weighted by atomic mass is 16.6. The van der Waals surface area contributed by atoms with Gasteiger partial charge >= 0.3 is 0 Å². The molecule has 0 aliphatic rings. The van der Waals surface area contributed by atoms with E-state index in [2.05, 4.69) is 45.3 Å². The van der Waals surface area contributed by atoms with E-state index in [1.54, 1.807) is 14.2 Å². The van der Waals surface area contributed by atoms with E-state index in [1.165, 1.54) is 16.7 Å². The van der Waals surface area contributed by atoms with Crippen molar-refractivity contribution >= 4 is 0 Å². The highest BCUT2D eigenvalue weighted by Gasteiger charge is 2.20. The molecule has 0 saturated heterocycles. The highest BCUT2D eigenvalue weighted by molar-refractivity contribution is 5.45. The van der Waals surface area contributed by atoms with Crippen molar-refractivity contribution in [1.82, 2.24) is 5.48 Å². The number of hydrogen-bond donors (Lipinski definition) is 1. The quantitative estimate of drug-likeness (QED) is 0.817. The van der Waals surface area contributed by atoms with Crippen LogP contribution < -0.4 is 10.2 Å². The average Bonchev–Trinajstić information content (AvgIpc) is 2.25. The van der Waals surface area contributed by atoms with E-state index in [0.29, 0.717) is 6.54 Å². The molecule has 0 atom stereocenters. The van der Waals surface area contributed by atoms with Gasteiger partial charge in [-0.25, -0.2) is 0 Å². The second kappa shape index (κ2) is 5.52. The fourth-order valence-electron chi connectivity index (χ4n) is 1.83. The summed E-state index contributed by atoms with van der Waals surface area (Å²) in [5.74, 6) is 0.941. The summed E-state index contributed by atoms with van der Waals surface area (Å²) in [4.78, 5) is 4.88. The van der Waals surface area contributed by atoms with Crippen molar-refractivity contribution in [1.29, 1.82) is 0 Å². The van der Waals surface area contributed by atoms with Gasteiger partial charge in [0.25, 0.3) is 0 Å². The van der Waals surface area contributed by atoms with Crippen molar-refractivity contribution in [3.63, 3.8) is 0 Å². The third kappa shape index (κ3) is 3.45. The van der Waals surface area contributed by atoms with Crippen LogP contribution in [0, 0.1) is 6.92 Å². The molecule has 0 bridgehead atoms. The van der Waals surface area contributed by atoms with Crippen LogP contribution in [-0.2, 0) is 16.8 Å². The van der Waals surface area contributed by atoms with Crippen LogP contribution in [0.3, 0.4) is 0 Å². The zero-order chi connectivity index (χ0) is 13.1. The van der Waals surface area contributed by atoms with Crippen LogP contribution >= 0.6 is 0 Å². The molecule has 0 aliphatic carbocycles. The Morgan fingerprint density at radius 3 is 2.29 bits per heavy atom. The maximum Gasteiger partial charge on any atom is 0.122 e. The van der Waals surface area contributed by atoms with E-state index in [9.17, 15) is 0 Å². The smallest absolute Gasteiger partial charge is 0.122 e. The molecule has 3 heteroatoms. The molecule has 0 amide bonds. The Labute approximate surface area is 104 Å². The Balaban J connectivity index is 3.15. The number of benzene rings is 1. The topological polar surface area (TPSA) is 30.5 Å². The SMILES string of the molecule is CONCc1cc(OC)c(C(C)(C)C)cc1C. The number of ether oxygens (including phenoxy) is 1. The van der Waals surface area contributed by atoms with Gasteiger partial charge in [0.1, 0.15) is 5.75 Å². The molecule has 0 fully saturated rings. The summed E-state index contributed by atoms with van der Waals surface area (Å²) in [6.45, 7) is 9.37. The van der Waals surface area contributed by atoms with Crippen LogP contribution in [0.5, 0.6) is 5.75 Å². The highest BCUT2D eigenvalue weighted by Crippen LogP contribution is 2.33. The molecule has 0 radical (unpaired) electrons. The molecule has 0 heterocycles. The summed E-state index contributed by atoms with van der Waals surface area (Å²) in [6.07, 6.45) is 0. The van der Waals surface area contributed by atoms with E-state index in [1.807, 2.05) is 0 Å². The second-order valence-corrected chi connectivity index (χ2v) is 5.25. The van der Waals surface area contributed by atoms with Gasteiger partial charge in [-0.05, 0) is 35.1 Å². The lowest BCUT2D eigenvalue weighted by Gasteiger charge is -2.24. The molecular formula is C14H23NO2. The standard InChI is InChI=1S/C14H23NO2/c1-10-7-12(14(2,3)4)13(16-5)8-11(10)9-15-17-6/h7-8,15H,9H2,1-6H3. The van der Waals surface area contributed by atoms with Crippen LogP contribution in [0.25, 0.3) is 0 Å². The molecule has 1 aromatic rings. The Morgan fingerprint density at radius 2 is 1.82 bits per heavy atom. The minimum absolute atomic E-state index is 0.0866. The van der Waals surface area contributed by atoms with Crippen LogP contribution in [-0.4, -0.2) is 14.2 Å². The van der Waals surface area contributed by atoms with Gasteiger partial charge in [-0.15, -0.1) is 0 Å². The Hall–Kier alpha value is -1.06. The Bertz CT molecular complexity index is 381. The average molecular weight is 237 g/mol. The molecule has 96 valence electrons. The van der Waals surface area contributed by atoms with Crippen molar-refractivity contribution in [3.8, 4) is 5.75 Å². The molecule has 1 rings (SSSR count). The summed E-state index contributed by atoms with van der Waals surface area (Å²) in [5, 5.41) is 0. The van der Waals surface area contributed by atoms with Gasteiger partial charge < -0.3 is 9.57 Å². The monoisotopic (exact) mass is 237 g/mol. The van der Waals surface area contributed by atoms with E-state index in [4.69, 9.17) is 9.57 Å². The van der Waals surface area contributed by atoms with Crippen molar-refractivity contribution in [2.75, 3.05) is 14.2 Å². The molecule has 3 nitrogen and oxygen atoms in total. The second-order valence-electron chi connectivity index (χ2n) is 5.25. The van der Waals surface area contributed by atoms with Crippen LogP contribution in [0.15, 0.2) is 12.1 Å². The van der Waals surface area contributed by atoms with Crippen molar-refractivity contribution in [3.05, 3.63) is 28.8 Å². The lowest BCUT2D eigenvalue weighted by molar-refractivity contribution is 0.0865. The maximum atomic E-state index is 5.48. The minimum Gasteiger partial charge on any atom is -0.496 e. The fraction of sp³-hybridized carbons (Fsp3) is 0.571. The Kier molecular flexibility index (Phi) is 4.54. The third-order valence-electron chi connectivity index (χ3n) is 2.87. The summed E-state index contributed by atoms with van der Waals surface area (Å²) < 4.78 is 5.48. The first-order valence-electron chi connectivity index (χ1n) is 5.84. The van der Waals surface area contributed by atoms with Gasteiger partial charge in [-0.2, -0.15) is 5.48 Å². The third-order valence-corrected chi connectivity index (χ3v) is 2.87. The predicted molar refractivity (Wildman–Crippen MR) is 70.3 cm³/mol. The van der Waals surface area contributed by atoms with Gasteiger partial charge in [-0.1, -0.05) is 26.8 Å². The van der Waals surface area contributed by atoms with Gasteiger partial charge in [-0.3, -0.25) is 0 Å². The zero-order valence-corrected chi connectivity index (χ0v) is 11.7. The van der Waals surface area contributed by atoms with Gasteiger partial charge in [0.2, 0.25) is 0 Å². The van der Waals surface area contributed by atoms with Crippen LogP contribution in [0.1, 0.15) is 37.5 Å². The van der Waals surface area contributed by atoms with Crippen molar-refractivity contribution < 1.29 is 9.57 Å². The summed E-state index contributed by atoms with van der Waals surface area (Å²) in [7, 11) is 3.34. The summed E-state index contributed by atoms with van der Waals surface area (Å²) >= 11 is 0. The van der Waals surface area contributed by atoms with Gasteiger partial charge in [0, 0.05) is 6.54 Å². The molecule has 0 saturated carbocycles. The fourth-order valence-corrected chi connectivity index (χ4v) is 1.83. The predicted octanol–water partition coefficient (Wildman–Crippen LogP) is 2.95. The lowest BCUT2D eigenvalue weighted by atomic mass is 9.84. The van der Waals surface area contributed by atoms with Crippen LogP contribution in [0.4, 0.5) is 0 Å². The number of hydrogen-bond acceptors (Lipinski definition) is 3. The molecule has 17 heavy (non-hydrogen) atoms. The summed E-state index contributed by atoms with van der Waals surface area (Å²) in [6, 6.07) is 4.29. The molecule has 0 aliphatic heterocycles. The summed E-state index contributed by atoms with van der Waals surface area (Å²) in [5.41, 5.74) is 6.62. The molecule has 0 aromatic heterocycles. The van der Waals surface area contributed by atoms with Crippen molar-refractivity contribution in [2.24, 2.45) is 0 Å². The van der Waals surface area contributed by atoms with Crippen molar-refractivity contribution in [2.45, 2.75) is 39.7 Å². The lowest BCUT2D eigenvalue weighted by Crippen LogP contribution is -2.16. The number of methoxy groups -OCH3 is 1. The van der Waals surface area contributed by atoms with E-state index in [-0.39, 0.29) is 5.41 Å². The zero-order valence-electron chi connectivity index (χ0n) is 11.7. The number of hydroxylamine groups is 1. The number of nitrogens with one attached hydrogen (secondary N) is 1. The number of rotatable bonds is 4. The largest absolute Gasteiger partial charge is 0.496 e. The number of aryl methyl sites for hydroxylation is 1. The van der Waals surface area contributed by atoms with Crippen LogP contribution in [0.2, 0.25) is 0 Å². The minimum atomic E-state index is 0.0866. The normalized spacial score (nSPS) is 11.6. The Morgan fingerprint density at radius 1 is 1.18 bits per heavy atom. The molecule has 1 N–H and O–H groups in total. The molecule has 0 unspecified atom stereocenters. The first-order valence-corrected chi connectivity index (χ1v) is 5.84. The van der Waals surface area contributed by atoms with E-state index in [0.717, 1.165) is 5.75 Å².